The lowest BCUT2D eigenvalue weighted by atomic mass is 9.88. The molecule has 0 bridgehead atoms. The summed E-state index contributed by atoms with van der Waals surface area (Å²) in [5.41, 5.74) is 5.82. The predicted octanol–water partition coefficient (Wildman–Crippen LogP) is 7.53. The lowest BCUT2D eigenvalue weighted by Crippen LogP contribution is -1.93. The first-order valence-corrected chi connectivity index (χ1v) is 9.16. The maximum atomic E-state index is 6.14. The molecular formula is C25H20O. The van der Waals surface area contributed by atoms with Crippen LogP contribution in [-0.2, 0) is 0 Å². The second-order valence-corrected chi connectivity index (χ2v) is 7.22. The topological polar surface area (TPSA) is 13.1 Å². The third-order valence-electron chi connectivity index (χ3n) is 5.24. The highest BCUT2D eigenvalue weighted by Gasteiger charge is 2.18. The SMILES string of the molecule is CC(C)c1ccc2oc3ccccc3c2c1-c1ccc2ccccc2c1. The largest absolute Gasteiger partial charge is 0.456 e. The molecule has 5 rings (SSSR count). The second kappa shape index (κ2) is 5.74. The Balaban J connectivity index is 1.93. The summed E-state index contributed by atoms with van der Waals surface area (Å²) in [7, 11) is 0. The van der Waals surface area contributed by atoms with E-state index in [-0.39, 0.29) is 0 Å². The Hall–Kier alpha value is -3.06. The number of hydrogen-bond donors (Lipinski definition) is 0. The van der Waals surface area contributed by atoms with E-state index in [1.807, 2.05) is 6.07 Å². The van der Waals surface area contributed by atoms with Crippen molar-refractivity contribution in [1.29, 1.82) is 0 Å². The highest BCUT2D eigenvalue weighted by Crippen LogP contribution is 2.41. The molecule has 0 unspecified atom stereocenters. The third kappa shape index (κ3) is 2.24. The molecule has 4 aromatic carbocycles. The van der Waals surface area contributed by atoms with E-state index < -0.39 is 0 Å². The van der Waals surface area contributed by atoms with E-state index >= 15 is 0 Å². The molecule has 0 saturated heterocycles. The third-order valence-corrected chi connectivity index (χ3v) is 5.24. The molecule has 126 valence electrons. The van der Waals surface area contributed by atoms with Crippen molar-refractivity contribution in [1.82, 2.24) is 0 Å². The van der Waals surface area contributed by atoms with Gasteiger partial charge in [0.1, 0.15) is 11.2 Å². The molecule has 1 aromatic heterocycles. The molecule has 1 heterocycles. The monoisotopic (exact) mass is 336 g/mol. The van der Waals surface area contributed by atoms with Gasteiger partial charge in [-0.05, 0) is 51.6 Å². The Morgan fingerprint density at radius 2 is 1.46 bits per heavy atom. The van der Waals surface area contributed by atoms with Crippen molar-refractivity contribution in [3.8, 4) is 11.1 Å². The maximum absolute atomic E-state index is 6.14. The Labute approximate surface area is 152 Å². The zero-order valence-electron chi connectivity index (χ0n) is 15.0. The summed E-state index contributed by atoms with van der Waals surface area (Å²) in [4.78, 5) is 0. The Morgan fingerprint density at radius 3 is 2.31 bits per heavy atom. The van der Waals surface area contributed by atoms with Gasteiger partial charge in [0.15, 0.2) is 0 Å². The van der Waals surface area contributed by atoms with Crippen molar-refractivity contribution in [3.63, 3.8) is 0 Å². The first-order chi connectivity index (χ1) is 12.7. The van der Waals surface area contributed by atoms with Gasteiger partial charge in [-0.3, -0.25) is 0 Å². The molecule has 0 spiro atoms. The van der Waals surface area contributed by atoms with Gasteiger partial charge in [-0.25, -0.2) is 0 Å². The maximum Gasteiger partial charge on any atom is 0.136 e. The lowest BCUT2D eigenvalue weighted by molar-refractivity contribution is 0.668. The highest BCUT2D eigenvalue weighted by atomic mass is 16.3. The first-order valence-electron chi connectivity index (χ1n) is 9.16. The van der Waals surface area contributed by atoms with Gasteiger partial charge in [0.25, 0.3) is 0 Å². The van der Waals surface area contributed by atoms with Crippen LogP contribution >= 0.6 is 0 Å². The van der Waals surface area contributed by atoms with Crippen molar-refractivity contribution in [2.45, 2.75) is 19.8 Å². The van der Waals surface area contributed by atoms with Crippen LogP contribution in [0, 0.1) is 0 Å². The Bertz CT molecular complexity index is 1260. The molecule has 5 aromatic rings. The van der Waals surface area contributed by atoms with Gasteiger partial charge in [0.05, 0.1) is 0 Å². The molecule has 26 heavy (non-hydrogen) atoms. The molecule has 0 aliphatic carbocycles. The normalized spacial score (nSPS) is 11.8. The summed E-state index contributed by atoms with van der Waals surface area (Å²) in [6.07, 6.45) is 0. The van der Waals surface area contributed by atoms with Gasteiger partial charge in [-0.2, -0.15) is 0 Å². The van der Waals surface area contributed by atoms with Gasteiger partial charge >= 0.3 is 0 Å². The van der Waals surface area contributed by atoms with Gasteiger partial charge in [0, 0.05) is 10.8 Å². The number of rotatable bonds is 2. The standard InChI is InChI=1S/C25H20O/c1-16(2)20-13-14-23-25(21-9-5-6-10-22(21)26-23)24(20)19-12-11-17-7-3-4-8-18(17)15-19/h3-16H,1-2H3. The number of furan rings is 1. The molecule has 1 heteroatoms. The van der Waals surface area contributed by atoms with Crippen molar-refractivity contribution < 1.29 is 4.42 Å². The van der Waals surface area contributed by atoms with Crippen molar-refractivity contribution >= 4 is 32.7 Å². The van der Waals surface area contributed by atoms with E-state index in [1.165, 1.54) is 38.2 Å². The first kappa shape index (κ1) is 15.2. The number of benzene rings is 4. The van der Waals surface area contributed by atoms with E-state index in [0.29, 0.717) is 5.92 Å². The Kier molecular flexibility index (Phi) is 3.36. The number of para-hydroxylation sites is 1. The molecule has 0 N–H and O–H groups in total. The second-order valence-electron chi connectivity index (χ2n) is 7.22. The van der Waals surface area contributed by atoms with Gasteiger partial charge in [-0.15, -0.1) is 0 Å². The van der Waals surface area contributed by atoms with Crippen LogP contribution in [0.1, 0.15) is 25.3 Å². The fourth-order valence-electron chi connectivity index (χ4n) is 3.97. The quantitative estimate of drug-likeness (QED) is 0.325. The van der Waals surface area contributed by atoms with Gasteiger partial charge in [-0.1, -0.05) is 74.5 Å². The van der Waals surface area contributed by atoms with Crippen LogP contribution in [0.4, 0.5) is 0 Å². The van der Waals surface area contributed by atoms with Crippen LogP contribution < -0.4 is 0 Å². The molecular weight excluding hydrogens is 316 g/mol. The molecule has 0 amide bonds. The molecule has 0 aliphatic heterocycles. The van der Waals surface area contributed by atoms with Crippen LogP contribution in [0.3, 0.4) is 0 Å². The highest BCUT2D eigenvalue weighted by molar-refractivity contribution is 6.13. The number of hydrogen-bond acceptors (Lipinski definition) is 1. The summed E-state index contributed by atoms with van der Waals surface area (Å²) in [5, 5.41) is 4.95. The minimum Gasteiger partial charge on any atom is -0.456 e. The zero-order chi connectivity index (χ0) is 17.7. The van der Waals surface area contributed by atoms with Crippen molar-refractivity contribution in [2.24, 2.45) is 0 Å². The molecule has 0 fully saturated rings. The van der Waals surface area contributed by atoms with Crippen LogP contribution in [0.15, 0.2) is 83.3 Å². The molecule has 1 nitrogen and oxygen atoms in total. The summed E-state index contributed by atoms with van der Waals surface area (Å²) in [5.74, 6) is 0.439. The van der Waals surface area contributed by atoms with Crippen LogP contribution in [0.25, 0.3) is 43.8 Å². The van der Waals surface area contributed by atoms with Crippen LogP contribution in [0.5, 0.6) is 0 Å². The summed E-state index contributed by atoms with van der Waals surface area (Å²) in [6.45, 7) is 4.52. The molecule has 0 saturated carbocycles. The minimum atomic E-state index is 0.439. The number of fused-ring (bicyclic) bond motifs is 4. The molecule has 0 radical (unpaired) electrons. The van der Waals surface area contributed by atoms with Crippen LogP contribution in [-0.4, -0.2) is 0 Å². The van der Waals surface area contributed by atoms with E-state index in [0.717, 1.165) is 11.2 Å². The van der Waals surface area contributed by atoms with Gasteiger partial charge < -0.3 is 4.42 Å². The minimum absolute atomic E-state index is 0.439. The summed E-state index contributed by atoms with van der Waals surface area (Å²) >= 11 is 0. The fraction of sp³-hybridized carbons (Fsp3) is 0.120. The van der Waals surface area contributed by atoms with Crippen LogP contribution in [0.2, 0.25) is 0 Å². The molecule has 0 atom stereocenters. The Morgan fingerprint density at radius 1 is 0.692 bits per heavy atom. The van der Waals surface area contributed by atoms with E-state index in [9.17, 15) is 0 Å². The van der Waals surface area contributed by atoms with Crippen molar-refractivity contribution in [2.75, 3.05) is 0 Å². The fourth-order valence-corrected chi connectivity index (χ4v) is 3.97. The zero-order valence-corrected chi connectivity index (χ0v) is 15.0. The molecule has 0 aliphatic rings. The summed E-state index contributed by atoms with van der Waals surface area (Å²) < 4.78 is 6.14. The van der Waals surface area contributed by atoms with Crippen molar-refractivity contribution in [3.05, 3.63) is 84.4 Å². The van der Waals surface area contributed by atoms with E-state index in [1.54, 1.807) is 0 Å². The van der Waals surface area contributed by atoms with E-state index in [4.69, 9.17) is 4.42 Å². The van der Waals surface area contributed by atoms with Gasteiger partial charge in [0.2, 0.25) is 0 Å². The average molecular weight is 336 g/mol. The smallest absolute Gasteiger partial charge is 0.136 e. The average Bonchev–Trinajstić information content (AvgIpc) is 3.05. The lowest BCUT2D eigenvalue weighted by Gasteiger charge is -2.15. The summed E-state index contributed by atoms with van der Waals surface area (Å²) in [6, 6.07) is 28.0. The predicted molar refractivity (Wildman–Crippen MR) is 111 cm³/mol. The van der Waals surface area contributed by atoms with E-state index in [2.05, 4.69) is 86.6 Å².